The van der Waals surface area contributed by atoms with E-state index in [-0.39, 0.29) is 17.1 Å². The molecule has 0 bridgehead atoms. The number of fused-ring (bicyclic) bond motifs is 2. The highest BCUT2D eigenvalue weighted by molar-refractivity contribution is 7.89. The van der Waals surface area contributed by atoms with Crippen molar-refractivity contribution in [1.29, 1.82) is 0 Å². The highest BCUT2D eigenvalue weighted by Gasteiger charge is 2.45. The fourth-order valence-corrected chi connectivity index (χ4v) is 5.42. The van der Waals surface area contributed by atoms with E-state index in [0.717, 1.165) is 23.8 Å². The van der Waals surface area contributed by atoms with Crippen LogP contribution < -0.4 is 0 Å². The summed E-state index contributed by atoms with van der Waals surface area (Å²) < 4.78 is 41.6. The maximum Gasteiger partial charge on any atom is 0.213 e. The van der Waals surface area contributed by atoms with Crippen LogP contribution in [0.3, 0.4) is 0 Å². The number of benzene rings is 1. The Kier molecular flexibility index (Phi) is 4.56. The second-order valence-electron chi connectivity index (χ2n) is 7.48. The Labute approximate surface area is 158 Å². The maximum absolute atomic E-state index is 13.3. The van der Waals surface area contributed by atoms with Crippen molar-refractivity contribution in [3.05, 3.63) is 35.9 Å². The van der Waals surface area contributed by atoms with Crippen molar-refractivity contribution in [1.82, 2.24) is 24.0 Å². The van der Waals surface area contributed by atoms with Crippen molar-refractivity contribution < 1.29 is 12.8 Å². The summed E-state index contributed by atoms with van der Waals surface area (Å²) in [7, 11) is -1.14. The fourth-order valence-electron chi connectivity index (χ4n) is 4.32. The molecule has 1 fully saturated rings. The standard InChI is InChI=1S/C18H24FN5O2S/c1-3-27(25,26)23-10-8-18(9-11-23)13-22(2)12-16-20-21-17(24(16)18)14-4-6-15(19)7-5-14/h4-7H,3,8-13H2,1-2H3. The molecule has 1 aromatic heterocycles. The van der Waals surface area contributed by atoms with Crippen molar-refractivity contribution in [3.8, 4) is 11.4 Å². The van der Waals surface area contributed by atoms with E-state index < -0.39 is 10.0 Å². The molecule has 0 saturated carbocycles. The topological polar surface area (TPSA) is 71.3 Å². The molecule has 0 amide bonds. The van der Waals surface area contributed by atoms with Gasteiger partial charge in [-0.25, -0.2) is 17.1 Å². The molecule has 7 nitrogen and oxygen atoms in total. The summed E-state index contributed by atoms with van der Waals surface area (Å²) in [5, 5.41) is 8.78. The molecule has 2 aliphatic rings. The Bertz CT molecular complexity index is 933. The van der Waals surface area contributed by atoms with Gasteiger partial charge in [0.15, 0.2) is 5.82 Å². The predicted molar refractivity (Wildman–Crippen MR) is 100.0 cm³/mol. The molecule has 9 heteroatoms. The molecule has 4 rings (SSSR count). The summed E-state index contributed by atoms with van der Waals surface area (Å²) in [5.74, 6) is 1.43. The van der Waals surface area contributed by atoms with Gasteiger partial charge in [-0.15, -0.1) is 10.2 Å². The van der Waals surface area contributed by atoms with E-state index in [1.54, 1.807) is 23.4 Å². The number of rotatable bonds is 3. The Morgan fingerprint density at radius 3 is 2.44 bits per heavy atom. The Hall–Kier alpha value is -1.84. The molecular formula is C18H24FN5O2S. The number of hydrogen-bond donors (Lipinski definition) is 0. The molecule has 1 spiro atoms. The van der Waals surface area contributed by atoms with E-state index in [9.17, 15) is 12.8 Å². The van der Waals surface area contributed by atoms with Gasteiger partial charge in [0.25, 0.3) is 0 Å². The Morgan fingerprint density at radius 1 is 1.15 bits per heavy atom. The number of sulfonamides is 1. The molecule has 0 radical (unpaired) electrons. The maximum atomic E-state index is 13.3. The van der Waals surface area contributed by atoms with Gasteiger partial charge < -0.3 is 4.57 Å². The van der Waals surface area contributed by atoms with Crippen LogP contribution in [0.1, 0.15) is 25.6 Å². The van der Waals surface area contributed by atoms with Crippen LogP contribution in [0.5, 0.6) is 0 Å². The first-order valence-corrected chi connectivity index (χ1v) is 10.8. The lowest BCUT2D eigenvalue weighted by Gasteiger charge is -2.47. The van der Waals surface area contributed by atoms with Gasteiger partial charge in [-0.3, -0.25) is 4.90 Å². The van der Waals surface area contributed by atoms with E-state index >= 15 is 0 Å². The molecule has 3 heterocycles. The number of nitrogens with zero attached hydrogens (tertiary/aromatic N) is 5. The SMILES string of the molecule is CCS(=O)(=O)N1CCC2(CC1)CN(C)Cc1nnc(-c3ccc(F)cc3)n12. The van der Waals surface area contributed by atoms with E-state index in [0.29, 0.717) is 32.5 Å². The van der Waals surface area contributed by atoms with Crippen LogP contribution in [-0.4, -0.2) is 64.8 Å². The molecule has 27 heavy (non-hydrogen) atoms. The second-order valence-corrected chi connectivity index (χ2v) is 9.74. The van der Waals surface area contributed by atoms with Crippen LogP contribution in [0.25, 0.3) is 11.4 Å². The van der Waals surface area contributed by atoms with Gasteiger partial charge in [0.1, 0.15) is 11.6 Å². The first-order chi connectivity index (χ1) is 12.8. The monoisotopic (exact) mass is 393 g/mol. The van der Waals surface area contributed by atoms with Crippen LogP contribution in [-0.2, 0) is 22.1 Å². The number of likely N-dealkylation sites (N-methyl/N-ethyl adjacent to an activating group) is 1. The lowest BCUT2D eigenvalue weighted by molar-refractivity contribution is 0.0756. The average molecular weight is 393 g/mol. The number of hydrogen-bond acceptors (Lipinski definition) is 5. The Morgan fingerprint density at radius 2 is 1.81 bits per heavy atom. The minimum Gasteiger partial charge on any atom is -0.302 e. The summed E-state index contributed by atoms with van der Waals surface area (Å²) >= 11 is 0. The van der Waals surface area contributed by atoms with Crippen LogP contribution in [0.4, 0.5) is 4.39 Å². The van der Waals surface area contributed by atoms with Gasteiger partial charge in [0, 0.05) is 25.2 Å². The third-order valence-corrected chi connectivity index (χ3v) is 7.58. The highest BCUT2D eigenvalue weighted by Crippen LogP contribution is 2.39. The molecule has 2 aliphatic heterocycles. The third kappa shape index (κ3) is 3.17. The summed E-state index contributed by atoms with van der Waals surface area (Å²) in [6.07, 6.45) is 1.41. The van der Waals surface area contributed by atoms with Gasteiger partial charge in [-0.2, -0.15) is 0 Å². The normalized spacial score (nSPS) is 20.7. The minimum atomic E-state index is -3.18. The van der Waals surface area contributed by atoms with Gasteiger partial charge >= 0.3 is 0 Å². The fraction of sp³-hybridized carbons (Fsp3) is 0.556. The first-order valence-electron chi connectivity index (χ1n) is 9.22. The Balaban J connectivity index is 1.73. The van der Waals surface area contributed by atoms with Crippen molar-refractivity contribution in [2.75, 3.05) is 32.4 Å². The predicted octanol–water partition coefficient (Wildman–Crippen LogP) is 1.67. The smallest absolute Gasteiger partial charge is 0.213 e. The lowest BCUT2D eigenvalue weighted by Crippen LogP contribution is -2.56. The third-order valence-electron chi connectivity index (χ3n) is 5.69. The van der Waals surface area contributed by atoms with Crippen LogP contribution >= 0.6 is 0 Å². The number of halogens is 1. The summed E-state index contributed by atoms with van der Waals surface area (Å²) in [6.45, 7) is 4.16. The average Bonchev–Trinajstić information content (AvgIpc) is 3.07. The molecule has 0 N–H and O–H groups in total. The quantitative estimate of drug-likeness (QED) is 0.793. The zero-order valence-electron chi connectivity index (χ0n) is 15.6. The second kappa shape index (κ2) is 6.65. The summed E-state index contributed by atoms with van der Waals surface area (Å²) in [6, 6.07) is 6.29. The molecule has 1 saturated heterocycles. The molecule has 0 atom stereocenters. The molecule has 0 unspecified atom stereocenters. The molecule has 1 aromatic carbocycles. The van der Waals surface area contributed by atoms with Crippen molar-refractivity contribution in [2.24, 2.45) is 0 Å². The lowest BCUT2D eigenvalue weighted by atomic mass is 9.85. The van der Waals surface area contributed by atoms with Crippen molar-refractivity contribution >= 4 is 10.0 Å². The first kappa shape index (κ1) is 18.5. The molecular weight excluding hydrogens is 369 g/mol. The number of piperidine rings is 1. The highest BCUT2D eigenvalue weighted by atomic mass is 32.2. The van der Waals surface area contributed by atoms with E-state index in [1.165, 1.54) is 12.1 Å². The van der Waals surface area contributed by atoms with Crippen LogP contribution in [0.2, 0.25) is 0 Å². The molecule has 146 valence electrons. The van der Waals surface area contributed by atoms with E-state index in [1.807, 2.05) is 7.05 Å². The van der Waals surface area contributed by atoms with Gasteiger partial charge in [0.05, 0.1) is 17.8 Å². The van der Waals surface area contributed by atoms with Crippen molar-refractivity contribution in [2.45, 2.75) is 31.8 Å². The zero-order chi connectivity index (χ0) is 19.2. The minimum absolute atomic E-state index is 0.124. The van der Waals surface area contributed by atoms with Crippen molar-refractivity contribution in [3.63, 3.8) is 0 Å². The largest absolute Gasteiger partial charge is 0.302 e. The summed E-state index contributed by atoms with van der Waals surface area (Å²) in [4.78, 5) is 2.21. The van der Waals surface area contributed by atoms with Crippen LogP contribution in [0, 0.1) is 5.82 Å². The summed E-state index contributed by atoms with van der Waals surface area (Å²) in [5.41, 5.74) is 0.567. The van der Waals surface area contributed by atoms with Gasteiger partial charge in [-0.1, -0.05) is 0 Å². The molecule has 2 aromatic rings. The van der Waals surface area contributed by atoms with E-state index in [4.69, 9.17) is 0 Å². The van der Waals surface area contributed by atoms with Gasteiger partial charge in [0.2, 0.25) is 10.0 Å². The van der Waals surface area contributed by atoms with Gasteiger partial charge in [-0.05, 0) is 51.1 Å². The van der Waals surface area contributed by atoms with Crippen LogP contribution in [0.15, 0.2) is 24.3 Å². The zero-order valence-corrected chi connectivity index (χ0v) is 16.4. The number of aromatic nitrogens is 3. The molecule has 0 aliphatic carbocycles. The van der Waals surface area contributed by atoms with E-state index in [2.05, 4.69) is 19.7 Å².